The molecular formula is C22H26N4O3S. The van der Waals surface area contributed by atoms with Gasteiger partial charge >= 0.3 is 0 Å². The van der Waals surface area contributed by atoms with E-state index >= 15 is 0 Å². The normalized spacial score (nSPS) is 18.1. The zero-order valence-corrected chi connectivity index (χ0v) is 18.2. The van der Waals surface area contributed by atoms with E-state index in [1.54, 1.807) is 11.0 Å². The van der Waals surface area contributed by atoms with Crippen LogP contribution in [0.2, 0.25) is 0 Å². The van der Waals surface area contributed by atoms with Crippen LogP contribution in [-0.4, -0.2) is 57.9 Å². The lowest BCUT2D eigenvalue weighted by molar-refractivity contribution is -0.132. The SMILES string of the molecule is C=CCN(C(=O)CCc1c(C)nc2c3ccccc3nn2c1C)C1CCS(=O)(=O)C1. The predicted molar refractivity (Wildman–Crippen MR) is 117 cm³/mol. The molecule has 158 valence electrons. The monoisotopic (exact) mass is 426 g/mol. The van der Waals surface area contributed by atoms with Crippen molar-refractivity contribution in [2.75, 3.05) is 18.1 Å². The molecule has 0 saturated carbocycles. The van der Waals surface area contributed by atoms with Gasteiger partial charge < -0.3 is 4.90 Å². The Kier molecular flexibility index (Phi) is 5.36. The Morgan fingerprint density at radius 3 is 2.80 bits per heavy atom. The van der Waals surface area contributed by atoms with Crippen LogP contribution in [0.4, 0.5) is 0 Å². The van der Waals surface area contributed by atoms with Gasteiger partial charge in [-0.2, -0.15) is 5.10 Å². The van der Waals surface area contributed by atoms with E-state index in [1.165, 1.54) is 0 Å². The molecule has 1 saturated heterocycles. The topological polar surface area (TPSA) is 84.6 Å². The summed E-state index contributed by atoms with van der Waals surface area (Å²) >= 11 is 0. The molecule has 1 amide bonds. The number of aromatic nitrogens is 3. The third-order valence-corrected chi connectivity index (χ3v) is 7.65. The van der Waals surface area contributed by atoms with Crippen molar-refractivity contribution < 1.29 is 13.2 Å². The number of carbonyl (C=O) groups excluding carboxylic acids is 1. The van der Waals surface area contributed by atoms with Gasteiger partial charge in [0.2, 0.25) is 5.91 Å². The van der Waals surface area contributed by atoms with Crippen LogP contribution in [0.1, 0.15) is 29.8 Å². The van der Waals surface area contributed by atoms with Gasteiger partial charge in [0.25, 0.3) is 0 Å². The third-order valence-electron chi connectivity index (χ3n) is 5.90. The Labute approximate surface area is 176 Å². The first-order valence-electron chi connectivity index (χ1n) is 10.1. The van der Waals surface area contributed by atoms with Crippen LogP contribution in [0, 0.1) is 13.8 Å². The Hall–Kier alpha value is -2.74. The van der Waals surface area contributed by atoms with E-state index in [-0.39, 0.29) is 23.5 Å². The van der Waals surface area contributed by atoms with Crippen LogP contribution >= 0.6 is 0 Å². The number of hydrogen-bond donors (Lipinski definition) is 0. The fraction of sp³-hybridized carbons (Fsp3) is 0.409. The first kappa shape index (κ1) is 20.5. The Morgan fingerprint density at radius 2 is 2.10 bits per heavy atom. The molecule has 1 fully saturated rings. The number of nitrogens with zero attached hydrogens (tertiary/aromatic N) is 4. The summed E-state index contributed by atoms with van der Waals surface area (Å²) in [6.07, 6.45) is 2.97. The van der Waals surface area contributed by atoms with Gasteiger partial charge in [-0.15, -0.1) is 6.58 Å². The molecule has 1 aliphatic rings. The van der Waals surface area contributed by atoms with E-state index in [1.807, 2.05) is 42.6 Å². The van der Waals surface area contributed by atoms with Crippen LogP contribution in [0.15, 0.2) is 36.9 Å². The Bertz CT molecular complexity index is 1250. The van der Waals surface area contributed by atoms with E-state index in [0.29, 0.717) is 25.8 Å². The lowest BCUT2D eigenvalue weighted by Crippen LogP contribution is -2.41. The molecule has 30 heavy (non-hydrogen) atoms. The van der Waals surface area contributed by atoms with Gasteiger partial charge in [-0.25, -0.2) is 17.9 Å². The standard InChI is InChI=1S/C22H26N4O3S/c1-4-12-25(17-11-13-30(28,29)14-17)21(27)10-9-18-15(2)23-22-19-7-5-6-8-20(19)24-26(22)16(18)3/h4-8,17H,1,9-14H2,2-3H3. The number of rotatable bonds is 6. The van der Waals surface area contributed by atoms with Crippen molar-refractivity contribution in [1.82, 2.24) is 19.5 Å². The highest BCUT2D eigenvalue weighted by molar-refractivity contribution is 7.91. The van der Waals surface area contributed by atoms with Gasteiger partial charge in [-0.3, -0.25) is 4.79 Å². The van der Waals surface area contributed by atoms with Gasteiger partial charge in [-0.1, -0.05) is 18.2 Å². The quantitative estimate of drug-likeness (QED) is 0.566. The summed E-state index contributed by atoms with van der Waals surface area (Å²) in [4.78, 5) is 19.4. The van der Waals surface area contributed by atoms with Crippen LogP contribution in [0.3, 0.4) is 0 Å². The summed E-state index contributed by atoms with van der Waals surface area (Å²) in [7, 11) is -3.06. The number of benzene rings is 1. The first-order valence-corrected chi connectivity index (χ1v) is 12.0. The maximum absolute atomic E-state index is 13.0. The maximum atomic E-state index is 13.0. The van der Waals surface area contributed by atoms with Crippen molar-refractivity contribution in [2.45, 2.75) is 39.2 Å². The summed E-state index contributed by atoms with van der Waals surface area (Å²) in [5.41, 5.74) is 4.57. The van der Waals surface area contributed by atoms with Crippen molar-refractivity contribution >= 4 is 32.3 Å². The zero-order chi connectivity index (χ0) is 21.5. The molecule has 1 unspecified atom stereocenters. The van der Waals surface area contributed by atoms with E-state index < -0.39 is 9.84 Å². The van der Waals surface area contributed by atoms with Gasteiger partial charge in [0.15, 0.2) is 15.5 Å². The Balaban J connectivity index is 1.58. The molecule has 7 nitrogen and oxygen atoms in total. The molecule has 0 aliphatic carbocycles. The fourth-order valence-electron chi connectivity index (χ4n) is 4.33. The lowest BCUT2D eigenvalue weighted by Gasteiger charge is -2.27. The van der Waals surface area contributed by atoms with Crippen molar-refractivity contribution in [2.24, 2.45) is 0 Å². The van der Waals surface area contributed by atoms with Crippen LogP contribution in [-0.2, 0) is 21.1 Å². The average molecular weight is 427 g/mol. The molecule has 1 aromatic carbocycles. The van der Waals surface area contributed by atoms with Gasteiger partial charge in [0.1, 0.15) is 0 Å². The summed E-state index contributed by atoms with van der Waals surface area (Å²) in [5.74, 6) is 0.129. The molecule has 2 aromatic heterocycles. The van der Waals surface area contributed by atoms with Crippen molar-refractivity contribution in [1.29, 1.82) is 0 Å². The van der Waals surface area contributed by atoms with E-state index in [2.05, 4.69) is 11.7 Å². The number of sulfone groups is 1. The van der Waals surface area contributed by atoms with Crippen LogP contribution < -0.4 is 0 Å². The lowest BCUT2D eigenvalue weighted by atomic mass is 10.1. The van der Waals surface area contributed by atoms with E-state index in [4.69, 9.17) is 4.98 Å². The minimum absolute atomic E-state index is 0.0397. The second-order valence-electron chi connectivity index (χ2n) is 7.91. The molecule has 0 spiro atoms. The van der Waals surface area contributed by atoms with Gasteiger partial charge in [0, 0.05) is 35.8 Å². The number of amides is 1. The summed E-state index contributed by atoms with van der Waals surface area (Å²) in [6, 6.07) is 7.63. The van der Waals surface area contributed by atoms with Gasteiger partial charge in [-0.05, 0) is 44.4 Å². The summed E-state index contributed by atoms with van der Waals surface area (Å²) < 4.78 is 25.6. The predicted octanol–water partition coefficient (Wildman–Crippen LogP) is 2.63. The number of aryl methyl sites for hydroxylation is 2. The maximum Gasteiger partial charge on any atom is 0.223 e. The van der Waals surface area contributed by atoms with Gasteiger partial charge in [0.05, 0.1) is 17.0 Å². The number of carbonyl (C=O) groups is 1. The summed E-state index contributed by atoms with van der Waals surface area (Å²) in [6.45, 7) is 8.04. The largest absolute Gasteiger partial charge is 0.335 e. The summed E-state index contributed by atoms with van der Waals surface area (Å²) in [5, 5.41) is 5.67. The van der Waals surface area contributed by atoms with Crippen LogP contribution in [0.25, 0.3) is 16.6 Å². The number of hydrogen-bond acceptors (Lipinski definition) is 5. The minimum Gasteiger partial charge on any atom is -0.335 e. The molecule has 0 radical (unpaired) electrons. The van der Waals surface area contributed by atoms with Crippen molar-refractivity contribution in [3.63, 3.8) is 0 Å². The third kappa shape index (κ3) is 3.71. The van der Waals surface area contributed by atoms with Crippen LogP contribution in [0.5, 0.6) is 0 Å². The van der Waals surface area contributed by atoms with E-state index in [0.717, 1.165) is 33.5 Å². The van der Waals surface area contributed by atoms with Crippen molar-refractivity contribution in [3.8, 4) is 0 Å². The minimum atomic E-state index is -3.06. The molecule has 4 rings (SSSR count). The van der Waals surface area contributed by atoms with Crippen molar-refractivity contribution in [3.05, 3.63) is 53.9 Å². The zero-order valence-electron chi connectivity index (χ0n) is 17.3. The highest BCUT2D eigenvalue weighted by atomic mass is 32.2. The second-order valence-corrected chi connectivity index (χ2v) is 10.1. The highest BCUT2D eigenvalue weighted by Crippen LogP contribution is 2.24. The molecule has 3 heterocycles. The van der Waals surface area contributed by atoms with E-state index in [9.17, 15) is 13.2 Å². The fourth-order valence-corrected chi connectivity index (χ4v) is 6.06. The Morgan fingerprint density at radius 1 is 1.33 bits per heavy atom. The highest BCUT2D eigenvalue weighted by Gasteiger charge is 2.34. The molecule has 8 heteroatoms. The molecule has 0 bridgehead atoms. The number of fused-ring (bicyclic) bond motifs is 3. The second kappa shape index (κ2) is 7.83. The smallest absolute Gasteiger partial charge is 0.223 e. The molecule has 1 atom stereocenters. The average Bonchev–Trinajstić information content (AvgIpc) is 3.26. The molecule has 1 aliphatic heterocycles. The molecule has 0 N–H and O–H groups in total. The first-order chi connectivity index (χ1) is 14.3. The molecule has 3 aromatic rings. The molecular weight excluding hydrogens is 400 g/mol.